The molecular weight excluding hydrogens is 342 g/mol. The van der Waals surface area contributed by atoms with Crippen molar-refractivity contribution in [3.05, 3.63) is 74.8 Å². The molecule has 0 radical (unpaired) electrons. The molecule has 3 rings (SSSR count). The molecule has 1 aliphatic rings. The van der Waals surface area contributed by atoms with E-state index in [2.05, 4.69) is 0 Å². The molecule has 0 saturated carbocycles. The first-order chi connectivity index (χ1) is 12.0. The van der Waals surface area contributed by atoms with Crippen LogP contribution in [0.25, 0.3) is 0 Å². The van der Waals surface area contributed by atoms with Crippen LogP contribution in [-0.2, 0) is 0 Å². The van der Waals surface area contributed by atoms with E-state index in [9.17, 15) is 14.9 Å². The number of para-hydroxylation sites is 1. The van der Waals surface area contributed by atoms with Gasteiger partial charge in [0.05, 0.1) is 4.92 Å². The van der Waals surface area contributed by atoms with E-state index in [-0.39, 0.29) is 34.0 Å². The zero-order valence-corrected chi connectivity index (χ0v) is 14.2. The molecule has 0 bridgehead atoms. The van der Waals surface area contributed by atoms with Gasteiger partial charge in [-0.15, -0.1) is 0 Å². The molecule has 2 aromatic rings. The van der Waals surface area contributed by atoms with Crippen LogP contribution >= 0.6 is 11.6 Å². The van der Waals surface area contributed by atoms with Crippen LogP contribution in [0.4, 0.5) is 5.69 Å². The SMILES string of the molecule is NC[C@@H]1CN(C(=O)c2cccc(Cl)c2[N+](=O)[O-])C[C@H]1c1ccccc1. The molecule has 2 atom stereocenters. The number of hydrogen-bond acceptors (Lipinski definition) is 4. The van der Waals surface area contributed by atoms with Crippen molar-refractivity contribution in [2.45, 2.75) is 5.92 Å². The molecule has 0 aromatic heterocycles. The molecule has 25 heavy (non-hydrogen) atoms. The first kappa shape index (κ1) is 17.4. The van der Waals surface area contributed by atoms with Gasteiger partial charge in [-0.25, -0.2) is 0 Å². The summed E-state index contributed by atoms with van der Waals surface area (Å²) in [4.78, 5) is 25.2. The number of carbonyl (C=O) groups is 1. The van der Waals surface area contributed by atoms with Gasteiger partial charge in [0.25, 0.3) is 5.91 Å². The van der Waals surface area contributed by atoms with Gasteiger partial charge in [0.2, 0.25) is 0 Å². The molecule has 0 aliphatic carbocycles. The zero-order chi connectivity index (χ0) is 18.0. The molecule has 1 aliphatic heterocycles. The zero-order valence-electron chi connectivity index (χ0n) is 13.5. The van der Waals surface area contributed by atoms with Gasteiger partial charge in [-0.3, -0.25) is 14.9 Å². The highest BCUT2D eigenvalue weighted by Crippen LogP contribution is 2.35. The Labute approximate surface area is 150 Å². The van der Waals surface area contributed by atoms with Crippen molar-refractivity contribution >= 4 is 23.2 Å². The fraction of sp³-hybridized carbons (Fsp3) is 0.278. The van der Waals surface area contributed by atoms with Crippen molar-refractivity contribution < 1.29 is 9.72 Å². The third-order valence-electron chi connectivity index (χ3n) is 4.66. The van der Waals surface area contributed by atoms with Gasteiger partial charge < -0.3 is 10.6 Å². The molecule has 2 N–H and O–H groups in total. The average Bonchev–Trinajstić information content (AvgIpc) is 3.05. The topological polar surface area (TPSA) is 89.5 Å². The highest BCUT2D eigenvalue weighted by atomic mass is 35.5. The Morgan fingerprint density at radius 3 is 2.56 bits per heavy atom. The summed E-state index contributed by atoms with van der Waals surface area (Å²) in [6, 6.07) is 14.3. The molecule has 130 valence electrons. The summed E-state index contributed by atoms with van der Waals surface area (Å²) in [5.74, 6) is -0.149. The monoisotopic (exact) mass is 359 g/mol. The lowest BCUT2D eigenvalue weighted by Gasteiger charge is -2.17. The number of nitrogens with two attached hydrogens (primary N) is 1. The molecule has 1 amide bonds. The second-order valence-corrected chi connectivity index (χ2v) is 6.52. The van der Waals surface area contributed by atoms with Crippen LogP contribution in [0.3, 0.4) is 0 Å². The van der Waals surface area contributed by atoms with Gasteiger partial charge in [-0.1, -0.05) is 48.0 Å². The van der Waals surface area contributed by atoms with E-state index in [1.165, 1.54) is 12.1 Å². The standard InChI is InChI=1S/C18H18ClN3O3/c19-16-8-4-7-14(17(16)22(24)25)18(23)21-10-13(9-20)15(11-21)12-5-2-1-3-6-12/h1-8,13,15H,9-11,20H2/t13-,15+/m1/s1. The van der Waals surface area contributed by atoms with Crippen LogP contribution < -0.4 is 5.73 Å². The van der Waals surface area contributed by atoms with Crippen molar-refractivity contribution in [1.82, 2.24) is 4.90 Å². The molecular formula is C18H18ClN3O3. The van der Waals surface area contributed by atoms with E-state index in [1.807, 2.05) is 30.3 Å². The number of nitro groups is 1. The van der Waals surface area contributed by atoms with Gasteiger partial charge in [-0.2, -0.15) is 0 Å². The van der Waals surface area contributed by atoms with E-state index >= 15 is 0 Å². The number of likely N-dealkylation sites (tertiary alicyclic amines) is 1. The lowest BCUT2D eigenvalue weighted by atomic mass is 9.89. The quantitative estimate of drug-likeness (QED) is 0.671. The highest BCUT2D eigenvalue weighted by molar-refractivity contribution is 6.33. The Hall–Kier alpha value is -2.44. The summed E-state index contributed by atoms with van der Waals surface area (Å²) in [6.45, 7) is 1.40. The van der Waals surface area contributed by atoms with E-state index in [0.29, 0.717) is 19.6 Å². The second-order valence-electron chi connectivity index (χ2n) is 6.12. The van der Waals surface area contributed by atoms with Crippen LogP contribution in [0.5, 0.6) is 0 Å². The maximum Gasteiger partial charge on any atom is 0.300 e. The van der Waals surface area contributed by atoms with E-state index in [4.69, 9.17) is 17.3 Å². The van der Waals surface area contributed by atoms with Gasteiger partial charge in [0.15, 0.2) is 0 Å². The minimum atomic E-state index is -0.610. The van der Waals surface area contributed by atoms with Crippen LogP contribution in [0.1, 0.15) is 21.8 Å². The maximum absolute atomic E-state index is 12.9. The van der Waals surface area contributed by atoms with Crippen LogP contribution in [-0.4, -0.2) is 35.4 Å². The van der Waals surface area contributed by atoms with Crippen molar-refractivity contribution in [2.75, 3.05) is 19.6 Å². The Bertz CT molecular complexity index is 797. The third kappa shape index (κ3) is 3.36. The number of nitrogens with zero attached hydrogens (tertiary/aromatic N) is 2. The maximum atomic E-state index is 12.9. The number of amides is 1. The van der Waals surface area contributed by atoms with Gasteiger partial charge in [0, 0.05) is 19.0 Å². The minimum absolute atomic E-state index is 0.0157. The van der Waals surface area contributed by atoms with Crippen LogP contribution in [0, 0.1) is 16.0 Å². The Balaban J connectivity index is 1.90. The minimum Gasteiger partial charge on any atom is -0.337 e. The molecule has 0 unspecified atom stereocenters. The molecule has 6 nitrogen and oxygen atoms in total. The summed E-state index contributed by atoms with van der Waals surface area (Å²) in [7, 11) is 0. The van der Waals surface area contributed by atoms with Crippen molar-refractivity contribution in [3.63, 3.8) is 0 Å². The second kappa shape index (κ2) is 7.21. The number of carbonyl (C=O) groups excluding carboxylic acids is 1. The fourth-order valence-electron chi connectivity index (χ4n) is 3.40. The largest absolute Gasteiger partial charge is 0.337 e. The Morgan fingerprint density at radius 2 is 1.92 bits per heavy atom. The third-order valence-corrected chi connectivity index (χ3v) is 4.96. The normalized spacial score (nSPS) is 19.8. The van der Waals surface area contributed by atoms with Crippen LogP contribution in [0.15, 0.2) is 48.5 Å². The predicted octanol–water partition coefficient (Wildman–Crippen LogP) is 3.06. The van der Waals surface area contributed by atoms with E-state index < -0.39 is 4.92 Å². The Kier molecular flexibility index (Phi) is 5.01. The molecule has 0 spiro atoms. The summed E-state index contributed by atoms with van der Waals surface area (Å²) in [5, 5.41) is 11.3. The number of halogens is 1. The van der Waals surface area contributed by atoms with E-state index in [1.54, 1.807) is 11.0 Å². The van der Waals surface area contributed by atoms with Gasteiger partial charge in [0.1, 0.15) is 10.6 Å². The predicted molar refractivity (Wildman–Crippen MR) is 95.7 cm³/mol. The molecule has 2 aromatic carbocycles. The smallest absolute Gasteiger partial charge is 0.300 e. The first-order valence-corrected chi connectivity index (χ1v) is 8.38. The molecule has 7 heteroatoms. The molecule has 1 heterocycles. The highest BCUT2D eigenvalue weighted by Gasteiger charge is 2.37. The van der Waals surface area contributed by atoms with Gasteiger partial charge in [-0.05, 0) is 30.2 Å². The summed E-state index contributed by atoms with van der Waals surface area (Å²) in [5.41, 5.74) is 6.69. The van der Waals surface area contributed by atoms with Crippen molar-refractivity contribution in [3.8, 4) is 0 Å². The first-order valence-electron chi connectivity index (χ1n) is 8.00. The number of benzene rings is 2. The molecule has 1 fully saturated rings. The fourth-order valence-corrected chi connectivity index (χ4v) is 3.64. The Morgan fingerprint density at radius 1 is 1.20 bits per heavy atom. The summed E-state index contributed by atoms with van der Waals surface area (Å²) in [6.07, 6.45) is 0. The number of hydrogen-bond donors (Lipinski definition) is 1. The lowest BCUT2D eigenvalue weighted by Crippen LogP contribution is -2.30. The molecule has 1 saturated heterocycles. The van der Waals surface area contributed by atoms with Crippen LogP contribution in [0.2, 0.25) is 5.02 Å². The number of nitro benzene ring substituents is 1. The van der Waals surface area contributed by atoms with Crippen molar-refractivity contribution in [2.24, 2.45) is 11.7 Å². The van der Waals surface area contributed by atoms with Crippen molar-refractivity contribution in [1.29, 1.82) is 0 Å². The number of rotatable bonds is 4. The average molecular weight is 360 g/mol. The van der Waals surface area contributed by atoms with E-state index in [0.717, 1.165) is 5.56 Å². The lowest BCUT2D eigenvalue weighted by molar-refractivity contribution is -0.385. The summed E-state index contributed by atoms with van der Waals surface area (Å²) >= 11 is 5.92. The summed E-state index contributed by atoms with van der Waals surface area (Å²) < 4.78 is 0. The van der Waals surface area contributed by atoms with Gasteiger partial charge >= 0.3 is 5.69 Å².